The maximum Gasteiger partial charge on any atom is 0.118 e. The van der Waals surface area contributed by atoms with E-state index in [0.717, 1.165) is 12.2 Å². The van der Waals surface area contributed by atoms with Crippen molar-refractivity contribution < 1.29 is 4.74 Å². The van der Waals surface area contributed by atoms with E-state index < -0.39 is 0 Å². The fourth-order valence-electron chi connectivity index (χ4n) is 2.80. The Morgan fingerprint density at radius 3 is 2.44 bits per heavy atom. The second-order valence-corrected chi connectivity index (χ2v) is 4.81. The van der Waals surface area contributed by atoms with Gasteiger partial charge in [0.1, 0.15) is 5.75 Å². The first kappa shape index (κ1) is 11.3. The van der Waals surface area contributed by atoms with Crippen molar-refractivity contribution in [3.8, 4) is 5.75 Å². The van der Waals surface area contributed by atoms with Crippen LogP contribution < -0.4 is 10.5 Å². The Bertz CT molecular complexity index is 547. The standard InChI is InChI=1S/C16H17NO/c1-18-13-8-6-11(7-9-13)15-10-12-4-2-3-5-14(12)16(15)17/h2-9,15-16H,10,17H2,1H3/t15-,16+/m0/s1. The number of nitrogens with two attached hydrogens (primary N) is 1. The third kappa shape index (κ3) is 1.79. The summed E-state index contributed by atoms with van der Waals surface area (Å²) in [6.07, 6.45) is 1.03. The Kier molecular flexibility index (Phi) is 2.80. The summed E-state index contributed by atoms with van der Waals surface area (Å²) in [6, 6.07) is 16.8. The van der Waals surface area contributed by atoms with E-state index in [9.17, 15) is 0 Å². The molecular formula is C16H17NO. The van der Waals surface area contributed by atoms with E-state index in [0.29, 0.717) is 5.92 Å². The van der Waals surface area contributed by atoms with Crippen LogP contribution in [-0.2, 0) is 6.42 Å². The molecule has 0 aromatic heterocycles. The highest BCUT2D eigenvalue weighted by molar-refractivity contribution is 5.42. The van der Waals surface area contributed by atoms with Gasteiger partial charge in [-0.3, -0.25) is 0 Å². The molecule has 2 nitrogen and oxygen atoms in total. The van der Waals surface area contributed by atoms with Gasteiger partial charge in [0.25, 0.3) is 0 Å². The molecule has 0 saturated heterocycles. The summed E-state index contributed by atoms with van der Waals surface area (Å²) >= 11 is 0. The summed E-state index contributed by atoms with van der Waals surface area (Å²) in [6.45, 7) is 0. The van der Waals surface area contributed by atoms with Crippen LogP contribution in [0.5, 0.6) is 5.75 Å². The normalized spacial score (nSPS) is 21.7. The lowest BCUT2D eigenvalue weighted by molar-refractivity contribution is 0.414. The van der Waals surface area contributed by atoms with E-state index in [4.69, 9.17) is 10.5 Å². The predicted octanol–water partition coefficient (Wildman–Crippen LogP) is 3.03. The zero-order chi connectivity index (χ0) is 12.5. The summed E-state index contributed by atoms with van der Waals surface area (Å²) in [5.41, 5.74) is 10.3. The van der Waals surface area contributed by atoms with Crippen LogP contribution in [0.3, 0.4) is 0 Å². The van der Waals surface area contributed by atoms with Crippen LogP contribution in [0.4, 0.5) is 0 Å². The van der Waals surface area contributed by atoms with Gasteiger partial charge in [-0.25, -0.2) is 0 Å². The summed E-state index contributed by atoms with van der Waals surface area (Å²) in [5, 5.41) is 0. The molecule has 0 amide bonds. The Balaban J connectivity index is 1.91. The van der Waals surface area contributed by atoms with Crippen LogP contribution in [-0.4, -0.2) is 7.11 Å². The average Bonchev–Trinajstić information content (AvgIpc) is 2.77. The third-order valence-electron chi connectivity index (χ3n) is 3.83. The number of methoxy groups -OCH3 is 1. The van der Waals surface area contributed by atoms with Crippen molar-refractivity contribution in [1.29, 1.82) is 0 Å². The van der Waals surface area contributed by atoms with Crippen molar-refractivity contribution >= 4 is 0 Å². The number of fused-ring (bicyclic) bond motifs is 1. The topological polar surface area (TPSA) is 35.2 Å². The van der Waals surface area contributed by atoms with E-state index in [2.05, 4.69) is 36.4 Å². The number of rotatable bonds is 2. The highest BCUT2D eigenvalue weighted by atomic mass is 16.5. The van der Waals surface area contributed by atoms with Crippen LogP contribution in [0, 0.1) is 0 Å². The first-order chi connectivity index (χ1) is 8.79. The second-order valence-electron chi connectivity index (χ2n) is 4.81. The molecule has 0 heterocycles. The zero-order valence-electron chi connectivity index (χ0n) is 10.5. The van der Waals surface area contributed by atoms with Crippen LogP contribution in [0.2, 0.25) is 0 Å². The minimum absolute atomic E-state index is 0.106. The fraction of sp³-hybridized carbons (Fsp3) is 0.250. The van der Waals surface area contributed by atoms with Crippen LogP contribution >= 0.6 is 0 Å². The van der Waals surface area contributed by atoms with E-state index in [1.807, 2.05) is 12.1 Å². The molecule has 1 aliphatic rings. The van der Waals surface area contributed by atoms with Gasteiger partial charge in [0.05, 0.1) is 7.11 Å². The first-order valence-corrected chi connectivity index (χ1v) is 6.27. The number of ether oxygens (including phenoxy) is 1. The van der Waals surface area contributed by atoms with Gasteiger partial charge in [0, 0.05) is 12.0 Å². The molecule has 2 aromatic rings. The van der Waals surface area contributed by atoms with Gasteiger partial charge in [-0.1, -0.05) is 36.4 Å². The molecule has 0 fully saturated rings. The summed E-state index contributed by atoms with van der Waals surface area (Å²) in [5.74, 6) is 1.27. The smallest absolute Gasteiger partial charge is 0.118 e. The van der Waals surface area contributed by atoms with Crippen LogP contribution in [0.25, 0.3) is 0 Å². The van der Waals surface area contributed by atoms with Gasteiger partial charge in [-0.2, -0.15) is 0 Å². The molecule has 92 valence electrons. The lowest BCUT2D eigenvalue weighted by atomic mass is 9.93. The van der Waals surface area contributed by atoms with Crippen LogP contribution in [0.15, 0.2) is 48.5 Å². The van der Waals surface area contributed by atoms with E-state index >= 15 is 0 Å². The summed E-state index contributed by atoms with van der Waals surface area (Å²) in [4.78, 5) is 0. The molecule has 18 heavy (non-hydrogen) atoms. The van der Waals surface area contributed by atoms with Gasteiger partial charge in [-0.05, 0) is 35.2 Å². The molecule has 0 aliphatic heterocycles. The van der Waals surface area contributed by atoms with Gasteiger partial charge in [0.15, 0.2) is 0 Å². The maximum atomic E-state index is 6.36. The molecule has 2 atom stereocenters. The molecule has 1 aliphatic carbocycles. The van der Waals surface area contributed by atoms with E-state index in [1.54, 1.807) is 7.11 Å². The molecule has 0 saturated carbocycles. The largest absolute Gasteiger partial charge is 0.497 e. The Hall–Kier alpha value is -1.80. The Labute approximate surface area is 107 Å². The van der Waals surface area contributed by atoms with Crippen molar-refractivity contribution in [1.82, 2.24) is 0 Å². The van der Waals surface area contributed by atoms with Crippen molar-refractivity contribution in [2.75, 3.05) is 7.11 Å². The van der Waals surface area contributed by atoms with Gasteiger partial charge in [0.2, 0.25) is 0 Å². The summed E-state index contributed by atoms with van der Waals surface area (Å²) in [7, 11) is 1.69. The van der Waals surface area contributed by atoms with E-state index in [1.165, 1.54) is 16.7 Å². The van der Waals surface area contributed by atoms with Crippen LogP contribution in [0.1, 0.15) is 28.7 Å². The fourth-order valence-corrected chi connectivity index (χ4v) is 2.80. The Morgan fingerprint density at radius 2 is 1.78 bits per heavy atom. The molecular weight excluding hydrogens is 222 g/mol. The first-order valence-electron chi connectivity index (χ1n) is 6.27. The molecule has 3 rings (SSSR count). The monoisotopic (exact) mass is 239 g/mol. The summed E-state index contributed by atoms with van der Waals surface area (Å²) < 4.78 is 5.19. The second kappa shape index (κ2) is 4.46. The lowest BCUT2D eigenvalue weighted by Gasteiger charge is -2.16. The molecule has 2 N–H and O–H groups in total. The average molecular weight is 239 g/mol. The van der Waals surface area contributed by atoms with Crippen molar-refractivity contribution in [3.05, 3.63) is 65.2 Å². The highest BCUT2D eigenvalue weighted by Gasteiger charge is 2.30. The zero-order valence-corrected chi connectivity index (χ0v) is 10.5. The lowest BCUT2D eigenvalue weighted by Crippen LogP contribution is -2.15. The van der Waals surface area contributed by atoms with E-state index in [-0.39, 0.29) is 6.04 Å². The molecule has 0 spiro atoms. The van der Waals surface area contributed by atoms with Crippen molar-refractivity contribution in [2.24, 2.45) is 5.73 Å². The number of hydrogen-bond acceptors (Lipinski definition) is 2. The van der Waals surface area contributed by atoms with Gasteiger partial charge >= 0.3 is 0 Å². The Morgan fingerprint density at radius 1 is 1.06 bits per heavy atom. The van der Waals surface area contributed by atoms with Gasteiger partial charge < -0.3 is 10.5 Å². The molecule has 0 bridgehead atoms. The minimum Gasteiger partial charge on any atom is -0.497 e. The predicted molar refractivity (Wildman–Crippen MR) is 72.8 cm³/mol. The quantitative estimate of drug-likeness (QED) is 0.874. The molecule has 2 heteroatoms. The number of hydrogen-bond donors (Lipinski definition) is 1. The molecule has 2 aromatic carbocycles. The van der Waals surface area contributed by atoms with Crippen molar-refractivity contribution in [3.63, 3.8) is 0 Å². The van der Waals surface area contributed by atoms with Crippen molar-refractivity contribution in [2.45, 2.75) is 18.4 Å². The minimum atomic E-state index is 0.106. The molecule has 0 radical (unpaired) electrons. The molecule has 0 unspecified atom stereocenters. The maximum absolute atomic E-state index is 6.36. The highest BCUT2D eigenvalue weighted by Crippen LogP contribution is 2.40. The third-order valence-corrected chi connectivity index (χ3v) is 3.83. The number of benzene rings is 2. The van der Waals surface area contributed by atoms with Gasteiger partial charge in [-0.15, -0.1) is 0 Å². The SMILES string of the molecule is COc1ccc([C@@H]2Cc3ccccc3[C@H]2N)cc1.